The first-order chi connectivity index (χ1) is 11.4. The monoisotopic (exact) mass is 328 g/mol. The molecule has 1 aromatic carbocycles. The average molecular weight is 328 g/mol. The van der Waals surface area contributed by atoms with Crippen molar-refractivity contribution in [3.63, 3.8) is 0 Å². The molecule has 0 unspecified atom stereocenters. The van der Waals surface area contributed by atoms with Gasteiger partial charge < -0.3 is 9.73 Å². The lowest BCUT2D eigenvalue weighted by Crippen LogP contribution is -2.25. The van der Waals surface area contributed by atoms with Crippen LogP contribution in [0.2, 0.25) is 0 Å². The molecule has 3 aromatic rings. The summed E-state index contributed by atoms with van der Waals surface area (Å²) in [7, 11) is 0. The second-order valence-electron chi connectivity index (χ2n) is 5.13. The summed E-state index contributed by atoms with van der Waals surface area (Å²) in [6.45, 7) is 1.58. The normalized spacial score (nSPS) is 10.7. The number of benzene rings is 1. The molecule has 2 heterocycles. The highest BCUT2D eigenvalue weighted by molar-refractivity contribution is 5.90. The van der Waals surface area contributed by atoms with Crippen molar-refractivity contribution in [2.24, 2.45) is 0 Å². The van der Waals surface area contributed by atoms with E-state index in [9.17, 15) is 19.7 Å². The lowest BCUT2D eigenvalue weighted by molar-refractivity contribution is -0.384. The SMILES string of the molecule is Cc1ccc(NC(=O)Cn2c(=O)oc3cc([N+](=O)[O-])ccc32)nc1. The molecular formula is C15H12N4O5. The Hall–Kier alpha value is -3.49. The lowest BCUT2D eigenvalue weighted by Gasteiger charge is -2.05. The Morgan fingerprint density at radius 1 is 1.38 bits per heavy atom. The van der Waals surface area contributed by atoms with E-state index in [-0.39, 0.29) is 17.8 Å². The minimum Gasteiger partial charge on any atom is -0.407 e. The number of amides is 1. The molecule has 2 aromatic heterocycles. The van der Waals surface area contributed by atoms with Crippen molar-refractivity contribution in [3.8, 4) is 0 Å². The largest absolute Gasteiger partial charge is 0.420 e. The van der Waals surface area contributed by atoms with Gasteiger partial charge in [0.2, 0.25) is 5.91 Å². The van der Waals surface area contributed by atoms with Crippen LogP contribution >= 0.6 is 0 Å². The van der Waals surface area contributed by atoms with E-state index in [4.69, 9.17) is 4.42 Å². The van der Waals surface area contributed by atoms with Gasteiger partial charge in [0, 0.05) is 12.3 Å². The fraction of sp³-hybridized carbons (Fsp3) is 0.133. The fourth-order valence-electron chi connectivity index (χ4n) is 2.19. The van der Waals surface area contributed by atoms with Gasteiger partial charge in [0.1, 0.15) is 12.4 Å². The molecule has 0 saturated heterocycles. The van der Waals surface area contributed by atoms with Crippen LogP contribution in [0.4, 0.5) is 11.5 Å². The molecule has 0 atom stereocenters. The van der Waals surface area contributed by atoms with Crippen LogP contribution in [0.1, 0.15) is 5.56 Å². The van der Waals surface area contributed by atoms with Gasteiger partial charge in [-0.05, 0) is 24.6 Å². The van der Waals surface area contributed by atoms with Gasteiger partial charge in [-0.15, -0.1) is 0 Å². The Bertz CT molecular complexity index is 987. The molecule has 0 aliphatic rings. The molecule has 3 rings (SSSR count). The molecule has 0 saturated carbocycles. The van der Waals surface area contributed by atoms with Crippen LogP contribution in [0.3, 0.4) is 0 Å². The van der Waals surface area contributed by atoms with Crippen molar-refractivity contribution < 1.29 is 14.1 Å². The van der Waals surface area contributed by atoms with Crippen molar-refractivity contribution >= 4 is 28.5 Å². The Morgan fingerprint density at radius 3 is 2.83 bits per heavy atom. The number of nitro benzene ring substituents is 1. The minimum atomic E-state index is -0.766. The third-order valence-corrected chi connectivity index (χ3v) is 3.34. The third-order valence-electron chi connectivity index (χ3n) is 3.34. The maximum atomic E-state index is 12.1. The van der Waals surface area contributed by atoms with Crippen molar-refractivity contribution in [2.75, 3.05) is 5.32 Å². The molecule has 9 heteroatoms. The molecule has 1 amide bonds. The summed E-state index contributed by atoms with van der Waals surface area (Å²) in [5.41, 5.74) is 1.11. The topological polar surface area (TPSA) is 120 Å². The van der Waals surface area contributed by atoms with E-state index in [2.05, 4.69) is 10.3 Å². The molecule has 0 aliphatic heterocycles. The van der Waals surface area contributed by atoms with Crippen molar-refractivity contribution in [1.82, 2.24) is 9.55 Å². The second-order valence-corrected chi connectivity index (χ2v) is 5.13. The molecule has 0 bridgehead atoms. The number of anilines is 1. The molecule has 122 valence electrons. The molecular weight excluding hydrogens is 316 g/mol. The van der Waals surface area contributed by atoms with Gasteiger partial charge in [-0.3, -0.25) is 19.5 Å². The number of aromatic nitrogens is 2. The van der Waals surface area contributed by atoms with Crippen LogP contribution in [0.15, 0.2) is 45.7 Å². The van der Waals surface area contributed by atoms with E-state index in [1.54, 1.807) is 18.3 Å². The predicted molar refractivity (Wildman–Crippen MR) is 84.7 cm³/mol. The summed E-state index contributed by atoms with van der Waals surface area (Å²) in [5.74, 6) is -0.867. The van der Waals surface area contributed by atoms with E-state index in [1.165, 1.54) is 12.1 Å². The Balaban J connectivity index is 1.85. The number of hydrogen-bond donors (Lipinski definition) is 1. The fourth-order valence-corrected chi connectivity index (χ4v) is 2.19. The van der Waals surface area contributed by atoms with E-state index < -0.39 is 16.6 Å². The number of nitrogens with one attached hydrogen (secondary N) is 1. The van der Waals surface area contributed by atoms with Crippen LogP contribution in [0, 0.1) is 17.0 Å². The number of non-ortho nitro benzene ring substituents is 1. The molecule has 1 N–H and O–H groups in total. The maximum Gasteiger partial charge on any atom is 0.420 e. The van der Waals surface area contributed by atoms with Crippen LogP contribution < -0.4 is 11.1 Å². The van der Waals surface area contributed by atoms with Gasteiger partial charge >= 0.3 is 5.76 Å². The number of nitrogens with zero attached hydrogens (tertiary/aromatic N) is 3. The van der Waals surface area contributed by atoms with E-state index in [0.717, 1.165) is 16.2 Å². The highest BCUT2D eigenvalue weighted by atomic mass is 16.6. The van der Waals surface area contributed by atoms with Crippen molar-refractivity contribution in [1.29, 1.82) is 0 Å². The van der Waals surface area contributed by atoms with Gasteiger partial charge in [-0.1, -0.05) is 6.07 Å². The first-order valence-electron chi connectivity index (χ1n) is 6.94. The number of aryl methyl sites for hydroxylation is 1. The summed E-state index contributed by atoms with van der Waals surface area (Å²) in [5, 5.41) is 13.3. The number of hydrogen-bond acceptors (Lipinski definition) is 6. The van der Waals surface area contributed by atoms with Gasteiger partial charge in [-0.2, -0.15) is 0 Å². The smallest absolute Gasteiger partial charge is 0.407 e. The van der Waals surface area contributed by atoms with Gasteiger partial charge in [0.05, 0.1) is 16.5 Å². The maximum absolute atomic E-state index is 12.1. The summed E-state index contributed by atoms with van der Waals surface area (Å²) in [6, 6.07) is 7.20. The molecule has 0 spiro atoms. The quantitative estimate of drug-likeness (QED) is 0.576. The molecule has 0 fully saturated rings. The molecule has 9 nitrogen and oxygen atoms in total. The summed E-state index contributed by atoms with van der Waals surface area (Å²) >= 11 is 0. The van der Waals surface area contributed by atoms with Gasteiger partial charge in [0.25, 0.3) is 5.69 Å². The average Bonchev–Trinajstić information content (AvgIpc) is 2.84. The first kappa shape index (κ1) is 15.4. The zero-order chi connectivity index (χ0) is 17.3. The molecule has 24 heavy (non-hydrogen) atoms. The number of nitro groups is 1. The summed E-state index contributed by atoms with van der Waals surface area (Å²) in [4.78, 5) is 38.2. The van der Waals surface area contributed by atoms with Crippen molar-refractivity contribution in [3.05, 3.63) is 62.8 Å². The van der Waals surface area contributed by atoms with Crippen LogP contribution in [-0.4, -0.2) is 20.4 Å². The van der Waals surface area contributed by atoms with E-state index >= 15 is 0 Å². The number of pyridine rings is 1. The van der Waals surface area contributed by atoms with Gasteiger partial charge in [0.15, 0.2) is 5.58 Å². The van der Waals surface area contributed by atoms with Crippen LogP contribution in [0.25, 0.3) is 11.1 Å². The van der Waals surface area contributed by atoms with E-state index in [0.29, 0.717) is 11.3 Å². The third kappa shape index (κ3) is 3.00. The van der Waals surface area contributed by atoms with Crippen molar-refractivity contribution in [2.45, 2.75) is 13.5 Å². The second kappa shape index (κ2) is 5.95. The highest BCUT2D eigenvalue weighted by Gasteiger charge is 2.16. The number of fused-ring (bicyclic) bond motifs is 1. The standard InChI is InChI=1S/C15H12N4O5/c1-9-2-5-13(16-7-9)17-14(20)8-18-11-4-3-10(19(22)23)6-12(11)24-15(18)21/h2-7H,8H2,1H3,(H,16,17,20). The minimum absolute atomic E-state index is 0.0514. The zero-order valence-corrected chi connectivity index (χ0v) is 12.6. The van der Waals surface area contributed by atoms with E-state index in [1.807, 2.05) is 6.92 Å². The first-order valence-corrected chi connectivity index (χ1v) is 6.94. The lowest BCUT2D eigenvalue weighted by atomic mass is 10.3. The molecule has 0 aliphatic carbocycles. The van der Waals surface area contributed by atoms with Crippen LogP contribution in [0.5, 0.6) is 0 Å². The number of carbonyl (C=O) groups is 1. The highest BCUT2D eigenvalue weighted by Crippen LogP contribution is 2.20. The summed E-state index contributed by atoms with van der Waals surface area (Å²) in [6.07, 6.45) is 1.61. The predicted octanol–water partition coefficient (Wildman–Crippen LogP) is 1.84. The Kier molecular flexibility index (Phi) is 3.82. The van der Waals surface area contributed by atoms with Crippen LogP contribution in [-0.2, 0) is 11.3 Å². The summed E-state index contributed by atoms with van der Waals surface area (Å²) < 4.78 is 6.06. The zero-order valence-electron chi connectivity index (χ0n) is 12.6. The number of oxazole rings is 1. The Labute approximate surface area is 134 Å². The molecule has 0 radical (unpaired) electrons. The number of carbonyl (C=O) groups excluding carboxylic acids is 1. The number of rotatable bonds is 4. The Morgan fingerprint density at radius 2 is 2.17 bits per heavy atom. The van der Waals surface area contributed by atoms with Gasteiger partial charge in [-0.25, -0.2) is 9.78 Å².